The molecule has 0 aromatic carbocycles. The zero-order chi connectivity index (χ0) is 13.0. The maximum Gasteiger partial charge on any atom is 0.228 e. The molecule has 0 aromatic rings. The Hall–Kier alpha value is -0.570. The second kappa shape index (κ2) is 6.05. The second-order valence-corrected chi connectivity index (χ2v) is 6.35. The van der Waals surface area contributed by atoms with E-state index in [9.17, 15) is 4.79 Å². The van der Waals surface area contributed by atoms with Crippen molar-refractivity contribution < 1.29 is 4.79 Å². The zero-order valence-electron chi connectivity index (χ0n) is 11.8. The monoisotopic (exact) mass is 252 g/mol. The van der Waals surface area contributed by atoms with Crippen LogP contribution in [0.5, 0.6) is 0 Å². The Kier molecular flexibility index (Phi) is 4.66. The molecule has 2 N–H and O–H groups in total. The van der Waals surface area contributed by atoms with Gasteiger partial charge in [-0.1, -0.05) is 32.6 Å². The quantitative estimate of drug-likeness (QED) is 0.817. The van der Waals surface area contributed by atoms with E-state index in [0.29, 0.717) is 18.5 Å². The summed E-state index contributed by atoms with van der Waals surface area (Å²) in [5.41, 5.74) is 5.55. The number of hydrogen-bond acceptors (Lipinski definition) is 2. The van der Waals surface area contributed by atoms with Gasteiger partial charge in [0.05, 0.1) is 0 Å². The Morgan fingerprint density at radius 3 is 2.39 bits per heavy atom. The summed E-state index contributed by atoms with van der Waals surface area (Å²) in [4.78, 5) is 15.0. The number of hydrogen-bond donors (Lipinski definition) is 1. The largest absolute Gasteiger partial charge is 0.339 e. The Balaban J connectivity index is 2.04. The Morgan fingerprint density at radius 2 is 1.83 bits per heavy atom. The molecular formula is C15H28N2O. The van der Waals surface area contributed by atoms with Gasteiger partial charge in [0.2, 0.25) is 5.91 Å². The molecule has 0 unspecified atom stereocenters. The summed E-state index contributed by atoms with van der Waals surface area (Å²) >= 11 is 0. The first kappa shape index (κ1) is 13.9. The highest BCUT2D eigenvalue weighted by Gasteiger charge is 2.41. The van der Waals surface area contributed by atoms with E-state index < -0.39 is 0 Å². The van der Waals surface area contributed by atoms with Crippen LogP contribution in [0.15, 0.2) is 0 Å². The summed E-state index contributed by atoms with van der Waals surface area (Å²) in [7, 11) is 0. The molecule has 3 heteroatoms. The number of nitrogens with zero attached hydrogens (tertiary/aromatic N) is 1. The maximum absolute atomic E-state index is 12.8. The number of amides is 1. The summed E-state index contributed by atoms with van der Waals surface area (Å²) in [5.74, 6) is 0.417. The van der Waals surface area contributed by atoms with E-state index in [1.54, 1.807) is 0 Å². The standard InChI is InChI=1S/C15H28N2O/c1-15(9-4-5-10-15)14(18)17(12-6-11-16)13-7-2-3-8-13/h13H,2-12,16H2,1H3. The van der Waals surface area contributed by atoms with Crippen LogP contribution in [0.2, 0.25) is 0 Å². The highest BCUT2D eigenvalue weighted by Crippen LogP contribution is 2.40. The van der Waals surface area contributed by atoms with E-state index >= 15 is 0 Å². The molecule has 0 saturated heterocycles. The lowest BCUT2D eigenvalue weighted by atomic mass is 9.86. The van der Waals surface area contributed by atoms with E-state index in [1.165, 1.54) is 38.5 Å². The fraction of sp³-hybridized carbons (Fsp3) is 0.933. The topological polar surface area (TPSA) is 46.3 Å². The van der Waals surface area contributed by atoms with Crippen LogP contribution >= 0.6 is 0 Å². The molecular weight excluding hydrogens is 224 g/mol. The van der Waals surface area contributed by atoms with Gasteiger partial charge in [0.15, 0.2) is 0 Å². The molecule has 0 aliphatic heterocycles. The Bertz CT molecular complexity index is 278. The molecule has 18 heavy (non-hydrogen) atoms. The summed E-state index contributed by atoms with van der Waals surface area (Å²) in [6.45, 7) is 3.73. The molecule has 0 radical (unpaired) electrons. The number of rotatable bonds is 5. The van der Waals surface area contributed by atoms with Crippen LogP contribution in [0.25, 0.3) is 0 Å². The van der Waals surface area contributed by atoms with Crippen molar-refractivity contribution in [2.75, 3.05) is 13.1 Å². The molecule has 3 nitrogen and oxygen atoms in total. The molecule has 2 aliphatic rings. The molecule has 0 atom stereocenters. The second-order valence-electron chi connectivity index (χ2n) is 6.35. The van der Waals surface area contributed by atoms with Crippen LogP contribution in [-0.4, -0.2) is 29.9 Å². The summed E-state index contributed by atoms with van der Waals surface area (Å²) in [6, 6.07) is 0.501. The van der Waals surface area contributed by atoms with Crippen molar-refractivity contribution in [2.24, 2.45) is 11.1 Å². The van der Waals surface area contributed by atoms with Gasteiger partial charge >= 0.3 is 0 Å². The predicted octanol–water partition coefficient (Wildman–Crippen LogP) is 2.69. The minimum absolute atomic E-state index is 0.0722. The van der Waals surface area contributed by atoms with Crippen LogP contribution < -0.4 is 5.73 Å². The summed E-state index contributed by atoms with van der Waals surface area (Å²) < 4.78 is 0. The van der Waals surface area contributed by atoms with Gasteiger partial charge in [-0.3, -0.25) is 4.79 Å². The van der Waals surface area contributed by atoms with Crippen molar-refractivity contribution in [1.82, 2.24) is 4.90 Å². The summed E-state index contributed by atoms with van der Waals surface area (Å²) in [6.07, 6.45) is 10.5. The van der Waals surface area contributed by atoms with Crippen molar-refractivity contribution in [1.29, 1.82) is 0 Å². The molecule has 2 fully saturated rings. The van der Waals surface area contributed by atoms with Crippen LogP contribution in [0.3, 0.4) is 0 Å². The fourth-order valence-electron chi connectivity index (χ4n) is 3.64. The number of carbonyl (C=O) groups excluding carboxylic acids is 1. The van der Waals surface area contributed by atoms with Gasteiger partial charge in [0.25, 0.3) is 0 Å². The third kappa shape index (κ3) is 2.87. The van der Waals surface area contributed by atoms with Crippen molar-refractivity contribution in [3.63, 3.8) is 0 Å². The van der Waals surface area contributed by atoms with Gasteiger partial charge in [0, 0.05) is 18.0 Å². The van der Waals surface area contributed by atoms with E-state index in [1.807, 2.05) is 0 Å². The highest BCUT2D eigenvalue weighted by atomic mass is 16.2. The van der Waals surface area contributed by atoms with Gasteiger partial charge in [-0.05, 0) is 38.6 Å². The smallest absolute Gasteiger partial charge is 0.228 e. The molecule has 2 rings (SSSR count). The number of carbonyl (C=O) groups is 1. The predicted molar refractivity (Wildman–Crippen MR) is 74.2 cm³/mol. The van der Waals surface area contributed by atoms with Gasteiger partial charge in [-0.15, -0.1) is 0 Å². The van der Waals surface area contributed by atoms with E-state index in [0.717, 1.165) is 25.8 Å². The van der Waals surface area contributed by atoms with Crippen LogP contribution in [0.4, 0.5) is 0 Å². The molecule has 1 amide bonds. The van der Waals surface area contributed by atoms with Crippen molar-refractivity contribution in [3.05, 3.63) is 0 Å². The first-order valence-electron chi connectivity index (χ1n) is 7.68. The minimum Gasteiger partial charge on any atom is -0.339 e. The molecule has 104 valence electrons. The molecule has 2 aliphatic carbocycles. The molecule has 0 heterocycles. The van der Waals surface area contributed by atoms with Gasteiger partial charge < -0.3 is 10.6 Å². The minimum atomic E-state index is -0.0722. The van der Waals surface area contributed by atoms with Crippen LogP contribution in [0.1, 0.15) is 64.7 Å². The molecule has 0 aromatic heterocycles. The van der Waals surface area contributed by atoms with Crippen molar-refractivity contribution in [2.45, 2.75) is 70.8 Å². The molecule has 0 bridgehead atoms. The Morgan fingerprint density at radius 1 is 1.22 bits per heavy atom. The van der Waals surface area contributed by atoms with E-state index in [-0.39, 0.29) is 5.41 Å². The number of nitrogens with two attached hydrogens (primary N) is 1. The zero-order valence-corrected chi connectivity index (χ0v) is 11.8. The average molecular weight is 252 g/mol. The van der Waals surface area contributed by atoms with Gasteiger partial charge in [0.1, 0.15) is 0 Å². The molecule has 2 saturated carbocycles. The van der Waals surface area contributed by atoms with Gasteiger partial charge in [-0.2, -0.15) is 0 Å². The first-order valence-corrected chi connectivity index (χ1v) is 7.68. The van der Waals surface area contributed by atoms with Crippen LogP contribution in [-0.2, 0) is 4.79 Å². The van der Waals surface area contributed by atoms with Crippen LogP contribution in [0, 0.1) is 5.41 Å². The Labute approximate surface area is 111 Å². The average Bonchev–Trinajstić information content (AvgIpc) is 3.01. The normalized spacial score (nSPS) is 23.4. The first-order chi connectivity index (χ1) is 8.67. The van der Waals surface area contributed by atoms with E-state index in [4.69, 9.17) is 5.73 Å². The lowest BCUT2D eigenvalue weighted by Crippen LogP contribution is -2.46. The lowest BCUT2D eigenvalue weighted by molar-refractivity contribution is -0.143. The van der Waals surface area contributed by atoms with Crippen molar-refractivity contribution >= 4 is 5.91 Å². The van der Waals surface area contributed by atoms with E-state index in [2.05, 4.69) is 11.8 Å². The third-order valence-corrected chi connectivity index (χ3v) is 4.85. The third-order valence-electron chi connectivity index (χ3n) is 4.85. The lowest BCUT2D eigenvalue weighted by Gasteiger charge is -2.36. The maximum atomic E-state index is 12.8. The highest BCUT2D eigenvalue weighted by molar-refractivity contribution is 5.83. The van der Waals surface area contributed by atoms with Gasteiger partial charge in [-0.25, -0.2) is 0 Å². The fourth-order valence-corrected chi connectivity index (χ4v) is 3.64. The summed E-state index contributed by atoms with van der Waals surface area (Å²) in [5, 5.41) is 0. The molecule has 0 spiro atoms. The van der Waals surface area contributed by atoms with Crippen molar-refractivity contribution in [3.8, 4) is 0 Å². The SMILES string of the molecule is CC1(C(=O)N(CCCN)C2CCCC2)CCCC1.